The van der Waals surface area contributed by atoms with Gasteiger partial charge in [0, 0.05) is 49.2 Å². The predicted octanol–water partition coefficient (Wildman–Crippen LogP) is 12.9. The van der Waals surface area contributed by atoms with E-state index in [4.69, 9.17) is 56.7 Å². The van der Waals surface area contributed by atoms with Crippen LogP contribution in [-0.2, 0) is 62.5 Å². The Morgan fingerprint density at radius 3 is 1.88 bits per heavy atom. The van der Waals surface area contributed by atoms with E-state index in [0.717, 1.165) is 22.8 Å². The fourth-order valence-corrected chi connectivity index (χ4v) is 12.4. The zero-order valence-electron chi connectivity index (χ0n) is 53.1. The number of imidazole rings is 1. The van der Waals surface area contributed by atoms with Gasteiger partial charge in [0.1, 0.15) is 41.7 Å². The van der Waals surface area contributed by atoms with Gasteiger partial charge in [0.2, 0.25) is 0 Å². The summed E-state index contributed by atoms with van der Waals surface area (Å²) in [6.07, 6.45) is -4.57. The number of rotatable bonds is 32. The number of anilines is 1. The third-order valence-electron chi connectivity index (χ3n) is 15.2. The van der Waals surface area contributed by atoms with Crippen LogP contribution in [-0.4, -0.2) is 124 Å². The van der Waals surface area contributed by atoms with Gasteiger partial charge in [-0.1, -0.05) is 84.9 Å². The number of nitriles is 1. The van der Waals surface area contributed by atoms with E-state index in [0.29, 0.717) is 28.2 Å². The topological polar surface area (TPSA) is 305 Å². The summed E-state index contributed by atoms with van der Waals surface area (Å²) in [6.45, 7) is 8.99. The molecule has 95 heavy (non-hydrogen) atoms. The second-order valence-corrected chi connectivity index (χ2v) is 23.5. The average molecular weight is 1320 g/mol. The summed E-state index contributed by atoms with van der Waals surface area (Å²) >= 11 is 0. The third-order valence-corrected chi connectivity index (χ3v) is 17.3. The van der Waals surface area contributed by atoms with Crippen molar-refractivity contribution >= 4 is 49.1 Å². The summed E-state index contributed by atoms with van der Waals surface area (Å²) in [5, 5.41) is 34.7. The standard InChI is InChI=1S/C67H71FN9O17P/c1-43(2)75(44(3)4)95(90-35-11-34-69)94-60-58(40-89-67(49-12-9-8-10-13-49,50-19-27-54(84-6)28-20-50)51-21-29-55(85-7)30-22-51)92-64(74-42-72-59-62(70-41-71-63(59)74)73-65(78)86-36-32-46-14-23-52(24-15-46)76(80)81)61(60)91-45(5)88-39-48-18-31-57(56(68)38-48)93-66(79)87-37-33-47-16-25-53(26-17-47)77(82)83/h8-10,12-31,38,41-45,58,60-61,64H,11,32-33,35-37,39-40H2,1-7H3,(H,70,71,73,78)/t45?,58-,60-,61-,64-,95?/m1/s1. The van der Waals surface area contributed by atoms with Crippen molar-refractivity contribution in [1.29, 1.82) is 5.26 Å². The first-order valence-corrected chi connectivity index (χ1v) is 31.4. The fourth-order valence-electron chi connectivity index (χ4n) is 10.7. The molecule has 2 unspecified atom stereocenters. The lowest BCUT2D eigenvalue weighted by atomic mass is 9.80. The summed E-state index contributed by atoms with van der Waals surface area (Å²) in [6, 6.07) is 42.1. The number of amides is 1. The molecule has 1 fully saturated rings. The zero-order valence-corrected chi connectivity index (χ0v) is 53.9. The highest BCUT2D eigenvalue weighted by Crippen LogP contribution is 2.52. The van der Waals surface area contributed by atoms with Gasteiger partial charge in [0.05, 0.1) is 75.9 Å². The minimum Gasteiger partial charge on any atom is -0.497 e. The number of non-ortho nitro benzene ring substituents is 2. The second-order valence-electron chi connectivity index (χ2n) is 22.1. The number of halogens is 1. The molecule has 0 saturated carbocycles. The number of benzene rings is 6. The van der Waals surface area contributed by atoms with Crippen molar-refractivity contribution in [2.24, 2.45) is 0 Å². The van der Waals surface area contributed by atoms with Gasteiger partial charge in [-0.25, -0.2) is 33.6 Å². The summed E-state index contributed by atoms with van der Waals surface area (Å²) in [7, 11) is 1.11. The first-order valence-electron chi connectivity index (χ1n) is 30.3. The number of nitro groups is 2. The van der Waals surface area contributed by atoms with Gasteiger partial charge in [-0.2, -0.15) is 5.26 Å². The molecular formula is C67H71FN9O17P. The Morgan fingerprint density at radius 2 is 1.33 bits per heavy atom. The van der Waals surface area contributed by atoms with Gasteiger partial charge >= 0.3 is 12.2 Å². The first kappa shape index (κ1) is 69.7. The summed E-state index contributed by atoms with van der Waals surface area (Å²) in [4.78, 5) is 61.0. The van der Waals surface area contributed by atoms with E-state index in [2.05, 4.69) is 26.0 Å². The van der Waals surface area contributed by atoms with Crippen LogP contribution in [0, 0.1) is 37.4 Å². The molecule has 0 aliphatic carbocycles. The van der Waals surface area contributed by atoms with Crippen LogP contribution in [0.25, 0.3) is 11.2 Å². The molecule has 1 aliphatic rings. The fraction of sp³-hybridized carbons (Fsp3) is 0.343. The molecule has 2 aromatic heterocycles. The smallest absolute Gasteiger partial charge is 0.497 e. The van der Waals surface area contributed by atoms with E-state index in [1.807, 2.05) is 107 Å². The molecule has 6 atom stereocenters. The lowest BCUT2D eigenvalue weighted by Gasteiger charge is -2.39. The van der Waals surface area contributed by atoms with Crippen molar-refractivity contribution in [3.05, 3.63) is 218 Å². The number of nitrogens with zero attached hydrogens (tertiary/aromatic N) is 8. The Hall–Kier alpha value is -9.62. The van der Waals surface area contributed by atoms with Crippen LogP contribution in [0.1, 0.15) is 80.6 Å². The summed E-state index contributed by atoms with van der Waals surface area (Å²) in [5.41, 5.74) is 2.66. The highest BCUT2D eigenvalue weighted by molar-refractivity contribution is 7.44. The van der Waals surface area contributed by atoms with Crippen LogP contribution in [0.5, 0.6) is 17.2 Å². The number of ether oxygens (including phenoxy) is 9. The van der Waals surface area contributed by atoms with E-state index in [1.54, 1.807) is 37.8 Å². The molecule has 1 N–H and O–H groups in total. The van der Waals surface area contributed by atoms with Crippen molar-refractivity contribution in [2.45, 2.75) is 109 Å². The summed E-state index contributed by atoms with van der Waals surface area (Å²) in [5.74, 6) is -0.105. The molecule has 0 spiro atoms. The van der Waals surface area contributed by atoms with Crippen molar-refractivity contribution in [3.63, 3.8) is 0 Å². The molecule has 28 heteroatoms. The molecule has 0 radical (unpaired) electrons. The van der Waals surface area contributed by atoms with E-state index < -0.39 is 78.6 Å². The molecule has 1 aliphatic heterocycles. The molecule has 0 bridgehead atoms. The predicted molar refractivity (Wildman–Crippen MR) is 344 cm³/mol. The average Bonchev–Trinajstić information content (AvgIpc) is 1.75. The SMILES string of the molecule is COc1ccc(C(OC[C@H]2O[C@@H](n3cnc4c(NC(=O)OCCc5ccc([N+](=O)[O-])cc5)ncnc43)[C@H](OC(C)OCc3ccc(OC(=O)OCCc4ccc([N+](=O)[O-])cc4)c(F)c3)[C@@H]2OP(OCCC#N)N(C(C)C)C(C)C)(c2ccccc2)c2ccc(OC)cc2)cc1. The number of carbonyl (C=O) groups excluding carboxylic acids is 2. The lowest BCUT2D eigenvalue weighted by Crippen LogP contribution is -2.44. The highest BCUT2D eigenvalue weighted by Gasteiger charge is 2.52. The van der Waals surface area contributed by atoms with E-state index in [-0.39, 0.29) is 92.7 Å². The van der Waals surface area contributed by atoms with Crippen molar-refractivity contribution < 1.29 is 75.5 Å². The Balaban J connectivity index is 1.06. The molecule has 9 rings (SSSR count). The first-order chi connectivity index (χ1) is 45.9. The maximum atomic E-state index is 15.8. The number of hydrogen-bond donors (Lipinski definition) is 1. The Bertz CT molecular complexity index is 3850. The molecule has 26 nitrogen and oxygen atoms in total. The minimum atomic E-state index is -2.06. The maximum absolute atomic E-state index is 15.8. The number of nitrogens with one attached hydrogen (secondary N) is 1. The van der Waals surface area contributed by atoms with Crippen LogP contribution < -0.4 is 19.5 Å². The Kier molecular flexibility index (Phi) is 24.2. The molecule has 1 saturated heterocycles. The summed E-state index contributed by atoms with van der Waals surface area (Å²) < 4.78 is 88.6. The zero-order chi connectivity index (χ0) is 67.6. The maximum Gasteiger partial charge on any atom is 0.513 e. The van der Waals surface area contributed by atoms with Crippen LogP contribution in [0.2, 0.25) is 0 Å². The van der Waals surface area contributed by atoms with E-state index in [9.17, 15) is 35.1 Å². The van der Waals surface area contributed by atoms with Crippen LogP contribution in [0.3, 0.4) is 0 Å². The van der Waals surface area contributed by atoms with Gasteiger partial charge in [-0.15, -0.1) is 0 Å². The van der Waals surface area contributed by atoms with Gasteiger partial charge in [0.25, 0.3) is 19.9 Å². The van der Waals surface area contributed by atoms with Crippen LogP contribution in [0.15, 0.2) is 158 Å². The number of fused-ring (bicyclic) bond motifs is 1. The molecule has 6 aromatic carbocycles. The van der Waals surface area contributed by atoms with Gasteiger partial charge in [-0.05, 0) is 104 Å². The van der Waals surface area contributed by atoms with Crippen LogP contribution in [0.4, 0.5) is 31.2 Å². The van der Waals surface area contributed by atoms with E-state index >= 15 is 4.39 Å². The highest BCUT2D eigenvalue weighted by atomic mass is 31.2. The van der Waals surface area contributed by atoms with Gasteiger partial charge < -0.3 is 51.7 Å². The monoisotopic (exact) mass is 1320 g/mol. The molecule has 8 aromatic rings. The van der Waals surface area contributed by atoms with Gasteiger partial charge in [-0.3, -0.25) is 30.1 Å². The largest absolute Gasteiger partial charge is 0.513 e. The molecule has 498 valence electrons. The number of aromatic nitrogens is 4. The Labute approximate surface area is 547 Å². The van der Waals surface area contributed by atoms with Crippen molar-refractivity contribution in [2.75, 3.05) is 46.0 Å². The molecule has 1 amide bonds. The van der Waals surface area contributed by atoms with Gasteiger partial charge in [0.15, 0.2) is 41.1 Å². The third kappa shape index (κ3) is 17.6. The number of nitro benzene ring substituents is 2. The number of carbonyl (C=O) groups is 2. The minimum absolute atomic E-state index is 0.0115. The molecule has 3 heterocycles. The van der Waals surface area contributed by atoms with E-state index in [1.165, 1.54) is 61.2 Å². The lowest BCUT2D eigenvalue weighted by molar-refractivity contribution is -0.385. The Morgan fingerprint density at radius 1 is 0.747 bits per heavy atom. The van der Waals surface area contributed by atoms with Crippen LogP contribution >= 0.6 is 8.53 Å². The van der Waals surface area contributed by atoms with Crippen molar-refractivity contribution in [1.82, 2.24) is 24.2 Å². The normalized spacial score (nSPS) is 16.1. The van der Waals surface area contributed by atoms with Crippen molar-refractivity contribution in [3.8, 4) is 23.3 Å². The quantitative estimate of drug-likeness (QED) is 0.00598. The second kappa shape index (κ2) is 33.0. The molecular weight excluding hydrogens is 1250 g/mol. The number of hydrogen-bond acceptors (Lipinski definition) is 22. The number of methoxy groups -OCH3 is 2.